The molecule has 0 fully saturated rings. The highest BCUT2D eigenvalue weighted by atomic mass is 16.6. The number of hydrogen-bond acceptors (Lipinski definition) is 6. The van der Waals surface area contributed by atoms with Crippen molar-refractivity contribution in [3.05, 3.63) is 108 Å². The van der Waals surface area contributed by atoms with Gasteiger partial charge in [-0.15, -0.1) is 0 Å². The molecule has 0 heterocycles. The van der Waals surface area contributed by atoms with Crippen LogP contribution in [0.25, 0.3) is 0 Å². The third kappa shape index (κ3) is 4.88. The first-order chi connectivity index (χ1) is 16.0. The Bertz CT molecular complexity index is 983. The Balaban J connectivity index is 2.21. The van der Waals surface area contributed by atoms with E-state index >= 15 is 0 Å². The van der Waals surface area contributed by atoms with Gasteiger partial charge in [-0.1, -0.05) is 97.9 Å². The fourth-order valence-corrected chi connectivity index (χ4v) is 4.19. The van der Waals surface area contributed by atoms with Crippen molar-refractivity contribution in [2.75, 3.05) is 6.61 Å². The van der Waals surface area contributed by atoms with Crippen molar-refractivity contribution in [1.29, 1.82) is 0 Å². The molecule has 0 aliphatic rings. The molecule has 6 nitrogen and oxygen atoms in total. The highest BCUT2D eigenvalue weighted by molar-refractivity contribution is 5.90. The van der Waals surface area contributed by atoms with E-state index in [-0.39, 0.29) is 6.29 Å². The second-order valence-corrected chi connectivity index (χ2v) is 7.92. The van der Waals surface area contributed by atoms with Gasteiger partial charge >= 0.3 is 5.97 Å². The Morgan fingerprint density at radius 1 is 0.879 bits per heavy atom. The minimum absolute atomic E-state index is 0.259. The van der Waals surface area contributed by atoms with Gasteiger partial charge in [0, 0.05) is 5.92 Å². The first kappa shape index (κ1) is 24.3. The Kier molecular flexibility index (Phi) is 8.11. The van der Waals surface area contributed by atoms with Crippen molar-refractivity contribution >= 4 is 12.3 Å². The number of carbonyl (C=O) groups excluding carboxylic acids is 2. The van der Waals surface area contributed by atoms with Crippen LogP contribution in [-0.4, -0.2) is 52.5 Å². The van der Waals surface area contributed by atoms with E-state index in [1.165, 1.54) is 0 Å². The molecule has 3 aromatic carbocycles. The number of ether oxygens (including phenoxy) is 1. The van der Waals surface area contributed by atoms with Gasteiger partial charge < -0.3 is 20.1 Å². The zero-order valence-electron chi connectivity index (χ0n) is 18.3. The molecule has 4 atom stereocenters. The Labute approximate surface area is 193 Å². The van der Waals surface area contributed by atoms with Crippen LogP contribution in [0.4, 0.5) is 0 Å². The van der Waals surface area contributed by atoms with Crippen LogP contribution in [-0.2, 0) is 19.7 Å². The molecule has 33 heavy (non-hydrogen) atoms. The molecule has 0 aliphatic carbocycles. The summed E-state index contributed by atoms with van der Waals surface area (Å²) in [4.78, 5) is 25.7. The van der Waals surface area contributed by atoms with E-state index in [0.717, 1.165) is 5.56 Å². The van der Waals surface area contributed by atoms with Crippen LogP contribution in [0.1, 0.15) is 29.5 Å². The first-order valence-electron chi connectivity index (χ1n) is 10.8. The predicted molar refractivity (Wildman–Crippen MR) is 124 cm³/mol. The number of benzene rings is 3. The van der Waals surface area contributed by atoms with E-state index in [1.54, 1.807) is 0 Å². The summed E-state index contributed by atoms with van der Waals surface area (Å²) < 4.78 is 5.57. The molecule has 0 saturated carbocycles. The molecule has 0 amide bonds. The van der Waals surface area contributed by atoms with Crippen molar-refractivity contribution in [2.45, 2.75) is 36.6 Å². The van der Waals surface area contributed by atoms with E-state index < -0.39 is 42.2 Å². The zero-order chi connectivity index (χ0) is 23.8. The molecule has 0 bridgehead atoms. The van der Waals surface area contributed by atoms with Crippen molar-refractivity contribution in [3.63, 3.8) is 0 Å². The largest absolute Gasteiger partial charge is 0.451 e. The molecule has 0 spiro atoms. The summed E-state index contributed by atoms with van der Waals surface area (Å²) in [5, 5.41) is 29.3. The summed E-state index contributed by atoms with van der Waals surface area (Å²) in [6, 6.07) is 27.7. The van der Waals surface area contributed by atoms with Crippen molar-refractivity contribution < 1.29 is 29.6 Å². The number of aliphatic hydroxyl groups excluding tert-OH is 3. The van der Waals surface area contributed by atoms with Crippen LogP contribution in [0.5, 0.6) is 0 Å². The Hall–Kier alpha value is -3.32. The molecular formula is C27H28O6. The summed E-state index contributed by atoms with van der Waals surface area (Å²) >= 11 is 0. The highest BCUT2D eigenvalue weighted by Gasteiger charge is 2.50. The van der Waals surface area contributed by atoms with Gasteiger partial charge in [0.05, 0.1) is 6.61 Å². The van der Waals surface area contributed by atoms with E-state index in [1.807, 2.05) is 97.9 Å². The number of aldehydes is 1. The Morgan fingerprint density at radius 3 is 1.76 bits per heavy atom. The molecule has 3 aromatic rings. The normalized spacial score (nSPS) is 15.2. The minimum Gasteiger partial charge on any atom is -0.451 e. The first-order valence-corrected chi connectivity index (χ1v) is 10.8. The van der Waals surface area contributed by atoms with Crippen LogP contribution in [0, 0.1) is 0 Å². The quantitative estimate of drug-likeness (QED) is 0.325. The maximum atomic E-state index is 14.0. The van der Waals surface area contributed by atoms with Gasteiger partial charge in [0.25, 0.3) is 0 Å². The average Bonchev–Trinajstić information content (AvgIpc) is 2.88. The maximum Gasteiger partial charge on any atom is 0.322 e. The lowest BCUT2D eigenvalue weighted by molar-refractivity contribution is -0.169. The lowest BCUT2D eigenvalue weighted by Crippen LogP contribution is -2.49. The van der Waals surface area contributed by atoms with E-state index in [4.69, 9.17) is 4.74 Å². The van der Waals surface area contributed by atoms with Gasteiger partial charge in [-0.25, -0.2) is 0 Å². The molecule has 172 valence electrons. The second kappa shape index (κ2) is 11.0. The summed E-state index contributed by atoms with van der Waals surface area (Å²) in [5.41, 5.74) is 0.814. The summed E-state index contributed by atoms with van der Waals surface area (Å²) in [7, 11) is 0. The SMILES string of the molecule is CC(c1ccccc1)C(C(=O)O[C@@H](C=O)[C@@H](O)[C@H](O)CO)(c1ccccc1)c1ccccc1. The van der Waals surface area contributed by atoms with Crippen LogP contribution in [0.3, 0.4) is 0 Å². The fourth-order valence-electron chi connectivity index (χ4n) is 4.19. The fraction of sp³-hybridized carbons (Fsp3) is 0.259. The monoisotopic (exact) mass is 448 g/mol. The summed E-state index contributed by atoms with van der Waals surface area (Å²) in [5.74, 6) is -1.18. The number of carbonyl (C=O) groups is 2. The predicted octanol–water partition coefficient (Wildman–Crippen LogP) is 2.60. The van der Waals surface area contributed by atoms with Crippen LogP contribution >= 0.6 is 0 Å². The number of rotatable bonds is 10. The van der Waals surface area contributed by atoms with Gasteiger partial charge in [-0.3, -0.25) is 9.59 Å². The van der Waals surface area contributed by atoms with Gasteiger partial charge in [-0.05, 0) is 16.7 Å². The van der Waals surface area contributed by atoms with Crippen LogP contribution in [0.2, 0.25) is 0 Å². The van der Waals surface area contributed by atoms with E-state index in [9.17, 15) is 24.9 Å². The molecule has 0 radical (unpaired) electrons. The molecule has 3 N–H and O–H groups in total. The second-order valence-electron chi connectivity index (χ2n) is 7.92. The van der Waals surface area contributed by atoms with Crippen LogP contribution < -0.4 is 0 Å². The number of aliphatic hydroxyl groups is 3. The molecule has 0 aromatic heterocycles. The lowest BCUT2D eigenvalue weighted by Gasteiger charge is -2.39. The Morgan fingerprint density at radius 2 is 1.33 bits per heavy atom. The lowest BCUT2D eigenvalue weighted by atomic mass is 9.64. The summed E-state index contributed by atoms with van der Waals surface area (Å²) in [6.45, 7) is 1.12. The van der Waals surface area contributed by atoms with Gasteiger partial charge in [0.2, 0.25) is 0 Å². The molecule has 0 aliphatic heterocycles. The molecule has 6 heteroatoms. The van der Waals surface area contributed by atoms with Gasteiger partial charge in [0.15, 0.2) is 12.4 Å². The average molecular weight is 449 g/mol. The van der Waals surface area contributed by atoms with Crippen molar-refractivity contribution in [1.82, 2.24) is 0 Å². The number of hydrogen-bond donors (Lipinski definition) is 3. The minimum atomic E-state index is -1.77. The molecule has 0 saturated heterocycles. The van der Waals surface area contributed by atoms with E-state index in [0.29, 0.717) is 11.1 Å². The number of esters is 1. The standard InChI is InChI=1S/C27H28O6/c1-19(20-11-5-2-6-12-20)27(21-13-7-3-8-14-21,22-15-9-4-10-16-22)26(32)33-24(18-29)25(31)23(30)17-28/h2-16,18-19,23-25,28,30-31H,17H2,1H3/t19?,23-,24+,25+/m1/s1. The third-order valence-corrected chi connectivity index (χ3v) is 6.02. The van der Waals surface area contributed by atoms with Crippen molar-refractivity contribution in [2.24, 2.45) is 0 Å². The third-order valence-electron chi connectivity index (χ3n) is 6.02. The topological polar surface area (TPSA) is 104 Å². The smallest absolute Gasteiger partial charge is 0.322 e. The molecular weight excluding hydrogens is 420 g/mol. The highest BCUT2D eigenvalue weighted by Crippen LogP contribution is 2.46. The maximum absolute atomic E-state index is 14.0. The van der Waals surface area contributed by atoms with Crippen LogP contribution in [0.15, 0.2) is 91.0 Å². The van der Waals surface area contributed by atoms with Gasteiger partial charge in [0.1, 0.15) is 17.6 Å². The molecule has 3 rings (SSSR count). The molecule has 1 unspecified atom stereocenters. The summed E-state index contributed by atoms with van der Waals surface area (Å²) in [6.07, 6.45) is -4.81. The van der Waals surface area contributed by atoms with E-state index in [2.05, 4.69) is 0 Å². The zero-order valence-corrected chi connectivity index (χ0v) is 18.3. The van der Waals surface area contributed by atoms with Gasteiger partial charge in [-0.2, -0.15) is 0 Å². The van der Waals surface area contributed by atoms with Crippen molar-refractivity contribution in [3.8, 4) is 0 Å².